The number of ether oxygens (including phenoxy) is 1. The largest absolute Gasteiger partial charge is 0.494 e. The van der Waals surface area contributed by atoms with Crippen LogP contribution in [0.3, 0.4) is 0 Å². The molecule has 1 aromatic carbocycles. The van der Waals surface area contributed by atoms with Gasteiger partial charge in [-0.05, 0) is 18.9 Å². The number of nitrogens with one attached hydrogen (secondary N) is 2. The highest BCUT2D eigenvalue weighted by atomic mass is 35.5. The molecule has 2 aromatic heterocycles. The van der Waals surface area contributed by atoms with Gasteiger partial charge in [-0.3, -0.25) is 14.8 Å². The van der Waals surface area contributed by atoms with Crippen LogP contribution in [-0.4, -0.2) is 40.2 Å². The summed E-state index contributed by atoms with van der Waals surface area (Å²) in [6.45, 7) is -2.75. The molecule has 154 valence electrons. The number of anilines is 2. The molecule has 8 nitrogen and oxygen atoms in total. The van der Waals surface area contributed by atoms with Gasteiger partial charge in [0.15, 0.2) is 16.6 Å². The van der Waals surface area contributed by atoms with Crippen LogP contribution in [0.15, 0.2) is 30.6 Å². The number of benzene rings is 1. The first-order valence-corrected chi connectivity index (χ1v) is 9.35. The normalized spacial score (nSPS) is 15.0. The van der Waals surface area contributed by atoms with E-state index in [1.165, 1.54) is 19.2 Å². The van der Waals surface area contributed by atoms with E-state index in [1.54, 1.807) is 12.4 Å². The third kappa shape index (κ3) is 4.02. The van der Waals surface area contributed by atoms with E-state index in [4.69, 9.17) is 20.5 Å². The third-order valence-corrected chi connectivity index (χ3v) is 4.75. The van der Waals surface area contributed by atoms with Gasteiger partial charge in [0.2, 0.25) is 0 Å². The first kappa shape index (κ1) is 16.5. The van der Waals surface area contributed by atoms with E-state index in [-0.39, 0.29) is 28.0 Å². The smallest absolute Gasteiger partial charge is 0.273 e. The van der Waals surface area contributed by atoms with Gasteiger partial charge >= 0.3 is 0 Å². The molecule has 0 aliphatic heterocycles. The molecule has 0 atom stereocenters. The first-order chi connectivity index (χ1) is 15.6. The summed E-state index contributed by atoms with van der Waals surface area (Å²) in [6, 6.07) is 3.66. The second-order valence-electron chi connectivity index (χ2n) is 6.64. The predicted octanol–water partition coefficient (Wildman–Crippen LogP) is 3.72. The minimum atomic E-state index is -2.75. The van der Waals surface area contributed by atoms with E-state index in [0.29, 0.717) is 17.2 Å². The molecule has 2 heterocycles. The summed E-state index contributed by atoms with van der Waals surface area (Å²) in [7, 11) is 1.40. The zero-order chi connectivity index (χ0) is 23.8. The Balaban J connectivity index is 1.73. The number of halogens is 2. The highest BCUT2D eigenvalue weighted by Gasteiger charge is 2.25. The predicted molar refractivity (Wildman–Crippen MR) is 110 cm³/mol. The number of methoxy groups -OCH3 is 1. The molecule has 0 unspecified atom stereocenters. The van der Waals surface area contributed by atoms with Gasteiger partial charge in [-0.25, -0.2) is 4.39 Å². The van der Waals surface area contributed by atoms with Gasteiger partial charge < -0.3 is 15.4 Å². The van der Waals surface area contributed by atoms with Crippen LogP contribution in [0, 0.1) is 5.82 Å². The van der Waals surface area contributed by atoms with E-state index in [0.717, 1.165) is 24.6 Å². The molecule has 1 aliphatic rings. The average Bonchev–Trinajstić information content (AvgIpc) is 3.58. The number of carbonyl (C=O) groups is 1. The molecule has 4 rings (SSSR count). The Hall–Kier alpha value is -3.33. The van der Waals surface area contributed by atoms with E-state index in [1.807, 2.05) is 5.32 Å². The van der Waals surface area contributed by atoms with Crippen LogP contribution in [0.2, 0.25) is 5.15 Å². The SMILES string of the molecule is [2H]C([2H])([2H])NC(=O)c1nnc(Cl)cc1Nc1cc(F)cc(-c2cnc(C3CC3)cn2)c1OC. The Labute approximate surface area is 181 Å². The molecule has 0 bridgehead atoms. The van der Waals surface area contributed by atoms with E-state index < -0.39 is 18.7 Å². The van der Waals surface area contributed by atoms with Crippen LogP contribution in [0.5, 0.6) is 5.75 Å². The van der Waals surface area contributed by atoms with Crippen molar-refractivity contribution in [3.05, 3.63) is 53.0 Å². The van der Waals surface area contributed by atoms with Gasteiger partial charge in [0, 0.05) is 40.9 Å². The number of amides is 1. The van der Waals surface area contributed by atoms with E-state index >= 15 is 0 Å². The van der Waals surface area contributed by atoms with Crippen molar-refractivity contribution in [2.75, 3.05) is 19.4 Å². The minimum absolute atomic E-state index is 0.00163. The molecule has 1 aliphatic carbocycles. The molecule has 30 heavy (non-hydrogen) atoms. The fraction of sp³-hybridized carbons (Fsp3) is 0.250. The number of aromatic nitrogens is 4. The zero-order valence-corrected chi connectivity index (χ0v) is 16.5. The molecule has 1 saturated carbocycles. The molecule has 1 fully saturated rings. The second-order valence-corrected chi connectivity index (χ2v) is 7.03. The maximum absolute atomic E-state index is 14.6. The van der Waals surface area contributed by atoms with Crippen molar-refractivity contribution in [3.63, 3.8) is 0 Å². The lowest BCUT2D eigenvalue weighted by atomic mass is 10.1. The maximum Gasteiger partial charge on any atom is 0.273 e. The van der Waals surface area contributed by atoms with Gasteiger partial charge in [0.1, 0.15) is 5.82 Å². The zero-order valence-electron chi connectivity index (χ0n) is 18.7. The van der Waals surface area contributed by atoms with E-state index in [9.17, 15) is 9.18 Å². The summed E-state index contributed by atoms with van der Waals surface area (Å²) in [5.74, 6) is -0.983. The van der Waals surface area contributed by atoms with Crippen molar-refractivity contribution in [1.82, 2.24) is 25.5 Å². The Morgan fingerprint density at radius 3 is 2.73 bits per heavy atom. The van der Waals surface area contributed by atoms with Crippen molar-refractivity contribution >= 4 is 28.9 Å². The molecule has 0 saturated heterocycles. The number of rotatable bonds is 6. The molecular weight excluding hydrogens is 411 g/mol. The second kappa shape index (κ2) is 8.19. The summed E-state index contributed by atoms with van der Waals surface area (Å²) < 4.78 is 41.8. The lowest BCUT2D eigenvalue weighted by molar-refractivity contribution is 0.0958. The number of carbonyl (C=O) groups excluding carboxylic acids is 1. The van der Waals surface area contributed by atoms with Crippen molar-refractivity contribution in [3.8, 4) is 17.0 Å². The van der Waals surface area contributed by atoms with Gasteiger partial charge in [-0.2, -0.15) is 0 Å². The summed E-state index contributed by atoms with van der Waals surface area (Å²) in [5.41, 5.74) is 1.39. The summed E-state index contributed by atoms with van der Waals surface area (Å²) in [5, 5.41) is 11.9. The summed E-state index contributed by atoms with van der Waals surface area (Å²) >= 11 is 5.92. The molecule has 0 radical (unpaired) electrons. The van der Waals surface area contributed by atoms with Crippen molar-refractivity contribution in [2.45, 2.75) is 18.8 Å². The highest BCUT2D eigenvalue weighted by molar-refractivity contribution is 6.29. The van der Waals surface area contributed by atoms with Gasteiger partial charge in [-0.1, -0.05) is 11.6 Å². The van der Waals surface area contributed by atoms with Gasteiger partial charge in [0.25, 0.3) is 5.91 Å². The fourth-order valence-corrected chi connectivity index (χ4v) is 3.15. The molecule has 0 spiro atoms. The van der Waals surface area contributed by atoms with Crippen LogP contribution in [-0.2, 0) is 0 Å². The standard InChI is InChI=1S/C20H18ClFN6O2/c1-23-20(29)18-13(7-17(21)27-28-18)26-14-6-11(22)5-12(19(14)30-2)16-9-24-15(8-25-16)10-3-4-10/h5-10H,3-4H2,1-2H3,(H,23,29)(H,26,27)/i1D3. The lowest BCUT2D eigenvalue weighted by Gasteiger charge is -2.16. The Morgan fingerprint density at radius 1 is 1.23 bits per heavy atom. The van der Waals surface area contributed by atoms with Crippen LogP contribution in [0.25, 0.3) is 11.3 Å². The quantitative estimate of drug-likeness (QED) is 0.613. The molecule has 2 N–H and O–H groups in total. The van der Waals surface area contributed by atoms with E-state index in [2.05, 4.69) is 25.5 Å². The van der Waals surface area contributed by atoms with Crippen LogP contribution in [0.4, 0.5) is 15.8 Å². The van der Waals surface area contributed by atoms with Gasteiger partial charge in [0.05, 0.1) is 36.1 Å². The van der Waals surface area contributed by atoms with Crippen molar-refractivity contribution in [2.24, 2.45) is 0 Å². The lowest BCUT2D eigenvalue weighted by Crippen LogP contribution is -2.21. The number of hydrogen-bond acceptors (Lipinski definition) is 7. The molecular formula is C20H18ClFN6O2. The maximum atomic E-state index is 14.6. The number of hydrogen-bond donors (Lipinski definition) is 2. The Bertz CT molecular complexity index is 1210. The third-order valence-electron chi connectivity index (χ3n) is 4.56. The summed E-state index contributed by atoms with van der Waals surface area (Å²) in [6.07, 6.45) is 5.36. The van der Waals surface area contributed by atoms with Crippen molar-refractivity contribution < 1.29 is 18.0 Å². The highest BCUT2D eigenvalue weighted by Crippen LogP contribution is 2.41. The van der Waals surface area contributed by atoms with Gasteiger partial charge in [-0.15, -0.1) is 10.2 Å². The Kier molecular flexibility index (Phi) is 4.50. The molecule has 1 amide bonds. The van der Waals surface area contributed by atoms with Crippen molar-refractivity contribution in [1.29, 1.82) is 0 Å². The fourth-order valence-electron chi connectivity index (χ4n) is 3.00. The first-order valence-electron chi connectivity index (χ1n) is 10.5. The molecule has 3 aromatic rings. The summed E-state index contributed by atoms with van der Waals surface area (Å²) in [4.78, 5) is 21.2. The topological polar surface area (TPSA) is 102 Å². The minimum Gasteiger partial charge on any atom is -0.494 e. The van der Waals surface area contributed by atoms with Crippen LogP contribution in [0.1, 0.15) is 39.1 Å². The van der Waals surface area contributed by atoms with Crippen LogP contribution < -0.4 is 15.4 Å². The number of nitrogens with zero attached hydrogens (tertiary/aromatic N) is 4. The molecule has 10 heteroatoms. The Morgan fingerprint density at radius 2 is 2.07 bits per heavy atom. The van der Waals surface area contributed by atoms with Crippen LogP contribution >= 0.6 is 11.6 Å². The monoisotopic (exact) mass is 431 g/mol. The average molecular weight is 432 g/mol.